The van der Waals surface area contributed by atoms with Gasteiger partial charge in [-0.05, 0) is 29.8 Å². The summed E-state index contributed by atoms with van der Waals surface area (Å²) < 4.78 is 10.6. The number of para-hydroxylation sites is 1. The Hall–Kier alpha value is -3.80. The van der Waals surface area contributed by atoms with Crippen LogP contribution in [-0.2, 0) is 6.42 Å². The van der Waals surface area contributed by atoms with E-state index in [2.05, 4.69) is 45.3 Å². The van der Waals surface area contributed by atoms with E-state index >= 15 is 0 Å². The molecular formula is C23H19N3O3. The van der Waals surface area contributed by atoms with Gasteiger partial charge in [0.05, 0.1) is 25.1 Å². The molecule has 0 fully saturated rings. The number of benzene rings is 3. The van der Waals surface area contributed by atoms with Gasteiger partial charge < -0.3 is 19.4 Å². The molecule has 0 saturated heterocycles. The van der Waals surface area contributed by atoms with Gasteiger partial charge in [0.2, 0.25) is 0 Å². The third kappa shape index (κ3) is 2.89. The molecule has 144 valence electrons. The van der Waals surface area contributed by atoms with Crippen LogP contribution in [-0.4, -0.2) is 29.2 Å². The first kappa shape index (κ1) is 17.3. The van der Waals surface area contributed by atoms with E-state index in [1.807, 2.05) is 12.1 Å². The number of ether oxygens (including phenoxy) is 2. The van der Waals surface area contributed by atoms with E-state index in [9.17, 15) is 4.79 Å². The molecule has 2 N–H and O–H groups in total. The first-order valence-electron chi connectivity index (χ1n) is 9.30. The lowest BCUT2D eigenvalue weighted by Crippen LogP contribution is -2.12. The van der Waals surface area contributed by atoms with Gasteiger partial charge in [0.15, 0.2) is 11.5 Å². The number of aromatic amines is 2. The van der Waals surface area contributed by atoms with Crippen molar-refractivity contribution in [2.24, 2.45) is 0 Å². The average Bonchev–Trinajstić information content (AvgIpc) is 3.11. The molecule has 0 unspecified atom stereocenters. The van der Waals surface area contributed by atoms with Crippen LogP contribution in [0.1, 0.15) is 11.4 Å². The van der Waals surface area contributed by atoms with Gasteiger partial charge in [0.25, 0.3) is 5.56 Å². The third-order valence-electron chi connectivity index (χ3n) is 5.20. The Kier molecular flexibility index (Phi) is 3.98. The van der Waals surface area contributed by atoms with E-state index in [0.717, 1.165) is 22.0 Å². The molecule has 3 aromatic carbocycles. The highest BCUT2D eigenvalue weighted by atomic mass is 16.5. The van der Waals surface area contributed by atoms with Crippen molar-refractivity contribution in [3.05, 3.63) is 76.3 Å². The minimum Gasteiger partial charge on any atom is -0.493 e. The first-order chi connectivity index (χ1) is 14.2. The van der Waals surface area contributed by atoms with Gasteiger partial charge in [-0.3, -0.25) is 4.79 Å². The van der Waals surface area contributed by atoms with Crippen LogP contribution in [0.2, 0.25) is 0 Å². The summed E-state index contributed by atoms with van der Waals surface area (Å²) in [5.41, 5.74) is 3.66. The Morgan fingerprint density at radius 2 is 1.59 bits per heavy atom. The number of fused-ring (bicyclic) bond motifs is 4. The van der Waals surface area contributed by atoms with E-state index in [1.54, 1.807) is 26.4 Å². The van der Waals surface area contributed by atoms with Crippen LogP contribution in [0.15, 0.2) is 59.4 Å². The minimum absolute atomic E-state index is 0.195. The standard InChI is InChI=1S/C23H19N3O3/c1-28-20-11-16-19(12-21(20)29-2)25-22(26-23(16)27)10-13-7-8-18-15(9-13)14-5-3-4-6-17(14)24-18/h3-9,11-12,24H,10H2,1-2H3,(H,25,26,27). The molecule has 0 saturated carbocycles. The summed E-state index contributed by atoms with van der Waals surface area (Å²) in [6.07, 6.45) is 0.523. The number of aromatic nitrogens is 3. The van der Waals surface area contributed by atoms with Gasteiger partial charge in [-0.2, -0.15) is 0 Å². The molecule has 0 spiro atoms. The number of hydrogen-bond acceptors (Lipinski definition) is 4. The number of methoxy groups -OCH3 is 2. The van der Waals surface area contributed by atoms with Gasteiger partial charge in [-0.15, -0.1) is 0 Å². The molecule has 0 atom stereocenters. The lowest BCUT2D eigenvalue weighted by atomic mass is 10.1. The second-order valence-electron chi connectivity index (χ2n) is 6.96. The Bertz CT molecular complexity index is 1430. The second kappa shape index (κ2) is 6.67. The predicted molar refractivity (Wildman–Crippen MR) is 114 cm³/mol. The minimum atomic E-state index is -0.195. The summed E-state index contributed by atoms with van der Waals surface area (Å²) >= 11 is 0. The molecule has 0 amide bonds. The highest BCUT2D eigenvalue weighted by Crippen LogP contribution is 2.30. The molecule has 0 aliphatic carbocycles. The SMILES string of the molecule is COc1cc2nc(Cc3ccc4[nH]c5ccccc5c4c3)[nH]c(=O)c2cc1OC. The highest BCUT2D eigenvalue weighted by molar-refractivity contribution is 6.07. The van der Waals surface area contributed by atoms with Crippen molar-refractivity contribution >= 4 is 32.7 Å². The molecule has 6 nitrogen and oxygen atoms in total. The summed E-state index contributed by atoms with van der Waals surface area (Å²) in [6.45, 7) is 0. The zero-order valence-electron chi connectivity index (χ0n) is 16.1. The van der Waals surface area contributed by atoms with Crippen LogP contribution >= 0.6 is 0 Å². The number of nitrogens with zero attached hydrogens (tertiary/aromatic N) is 1. The average molecular weight is 385 g/mol. The van der Waals surface area contributed by atoms with Crippen molar-refractivity contribution in [2.45, 2.75) is 6.42 Å². The predicted octanol–water partition coefficient (Wildman–Crippen LogP) is 4.17. The topological polar surface area (TPSA) is 80.0 Å². The maximum atomic E-state index is 12.6. The summed E-state index contributed by atoms with van der Waals surface area (Å²) in [7, 11) is 3.11. The maximum absolute atomic E-state index is 12.6. The fraction of sp³-hybridized carbons (Fsp3) is 0.130. The van der Waals surface area contributed by atoms with E-state index in [4.69, 9.17) is 9.47 Å². The zero-order valence-corrected chi connectivity index (χ0v) is 16.1. The second-order valence-corrected chi connectivity index (χ2v) is 6.96. The van der Waals surface area contributed by atoms with Crippen LogP contribution in [0.5, 0.6) is 11.5 Å². The summed E-state index contributed by atoms with van der Waals surface area (Å²) in [4.78, 5) is 23.6. The van der Waals surface area contributed by atoms with Crippen LogP contribution < -0.4 is 15.0 Å². The maximum Gasteiger partial charge on any atom is 0.258 e. The molecule has 2 heterocycles. The lowest BCUT2D eigenvalue weighted by molar-refractivity contribution is 0.355. The number of hydrogen-bond donors (Lipinski definition) is 2. The van der Waals surface area contributed by atoms with Crippen LogP contribution in [0.3, 0.4) is 0 Å². The van der Waals surface area contributed by atoms with Crippen LogP contribution in [0, 0.1) is 0 Å². The molecule has 5 rings (SSSR count). The fourth-order valence-corrected chi connectivity index (χ4v) is 3.80. The van der Waals surface area contributed by atoms with Crippen molar-refractivity contribution < 1.29 is 9.47 Å². The molecule has 0 aliphatic rings. The van der Waals surface area contributed by atoms with E-state index < -0.39 is 0 Å². The number of nitrogens with one attached hydrogen (secondary N) is 2. The molecule has 0 bridgehead atoms. The van der Waals surface area contributed by atoms with Gasteiger partial charge in [-0.25, -0.2) is 4.98 Å². The first-order valence-corrected chi connectivity index (χ1v) is 9.30. The fourth-order valence-electron chi connectivity index (χ4n) is 3.80. The van der Waals surface area contributed by atoms with Crippen molar-refractivity contribution in [1.29, 1.82) is 0 Å². The van der Waals surface area contributed by atoms with Gasteiger partial charge in [0.1, 0.15) is 5.82 Å². The molecular weight excluding hydrogens is 366 g/mol. The van der Waals surface area contributed by atoms with Crippen molar-refractivity contribution in [3.8, 4) is 11.5 Å². The van der Waals surface area contributed by atoms with Crippen molar-refractivity contribution in [1.82, 2.24) is 15.0 Å². The van der Waals surface area contributed by atoms with Crippen LogP contribution in [0.4, 0.5) is 0 Å². The van der Waals surface area contributed by atoms with E-state index in [1.165, 1.54) is 5.39 Å². The van der Waals surface area contributed by atoms with Crippen LogP contribution in [0.25, 0.3) is 32.7 Å². The third-order valence-corrected chi connectivity index (χ3v) is 5.20. The Labute approximate surface area is 166 Å². The number of rotatable bonds is 4. The van der Waals surface area contributed by atoms with Gasteiger partial charge in [-0.1, -0.05) is 24.3 Å². The smallest absolute Gasteiger partial charge is 0.258 e. The quantitative estimate of drug-likeness (QED) is 0.487. The van der Waals surface area contributed by atoms with Crippen molar-refractivity contribution in [2.75, 3.05) is 14.2 Å². The van der Waals surface area contributed by atoms with Crippen molar-refractivity contribution in [3.63, 3.8) is 0 Å². The van der Waals surface area contributed by atoms with Gasteiger partial charge >= 0.3 is 0 Å². The molecule has 5 aromatic rings. The largest absolute Gasteiger partial charge is 0.493 e. The molecule has 0 aliphatic heterocycles. The van der Waals surface area contributed by atoms with Gasteiger partial charge in [0, 0.05) is 34.3 Å². The zero-order chi connectivity index (χ0) is 20.0. The normalized spacial score (nSPS) is 11.4. The molecule has 6 heteroatoms. The summed E-state index contributed by atoms with van der Waals surface area (Å²) in [5, 5.41) is 2.81. The Balaban J connectivity index is 1.59. The van der Waals surface area contributed by atoms with E-state index in [0.29, 0.717) is 34.6 Å². The molecule has 29 heavy (non-hydrogen) atoms. The lowest BCUT2D eigenvalue weighted by Gasteiger charge is -2.09. The summed E-state index contributed by atoms with van der Waals surface area (Å²) in [6, 6.07) is 17.9. The molecule has 2 aromatic heterocycles. The Morgan fingerprint density at radius 1 is 0.828 bits per heavy atom. The summed E-state index contributed by atoms with van der Waals surface area (Å²) in [5.74, 6) is 1.66. The highest BCUT2D eigenvalue weighted by Gasteiger charge is 2.12. The molecule has 0 radical (unpaired) electrons. The Morgan fingerprint density at radius 3 is 2.41 bits per heavy atom. The van der Waals surface area contributed by atoms with E-state index in [-0.39, 0.29) is 5.56 Å². The number of H-pyrrole nitrogens is 2. The monoisotopic (exact) mass is 385 g/mol.